The maximum atomic E-state index is 14.6. The molecule has 8 amide bonds. The van der Waals surface area contributed by atoms with Crippen molar-refractivity contribution >= 4 is 70.0 Å². The zero-order valence-corrected chi connectivity index (χ0v) is 70.2. The molecule has 6 saturated carbocycles. The summed E-state index contributed by atoms with van der Waals surface area (Å²) in [7, 11) is 0. The molecule has 2 bridgehead atoms. The molecule has 12 atom stereocenters. The first-order valence-corrected chi connectivity index (χ1v) is 42.8. The van der Waals surface area contributed by atoms with E-state index in [9.17, 15) is 81.4 Å². The number of hydrogen-bond acceptors (Lipinski definition) is 22. The van der Waals surface area contributed by atoms with Gasteiger partial charge in [-0.2, -0.15) is 21.0 Å². The van der Waals surface area contributed by atoms with Crippen LogP contribution in [-0.4, -0.2) is 215 Å². The van der Waals surface area contributed by atoms with Crippen molar-refractivity contribution in [1.82, 2.24) is 24.7 Å². The summed E-state index contributed by atoms with van der Waals surface area (Å²) in [5.74, 6) is -2.60. The Bertz CT molecular complexity index is 5580. The number of nitriles is 4. The lowest BCUT2D eigenvalue weighted by Crippen LogP contribution is -2.67. The molecule has 6 heterocycles. The van der Waals surface area contributed by atoms with E-state index in [1.807, 2.05) is 54.6 Å². The molecule has 10 aliphatic rings. The fourth-order valence-corrected chi connectivity index (χ4v) is 16.3. The van der Waals surface area contributed by atoms with Gasteiger partial charge in [0.25, 0.3) is 0 Å². The standard InChI is InChI=1S/C25H25N3O4.C24H23F2N3O4.C23H22F2N4O4.C23H23FN4O4/c26-13-16-10-15(4-5-21(16)32-18-6-8-31-9-7-18)14-2-1-3-17(11-14)28-25(30)23-19-12-20(23)22(19)24(27)29;25-19-10-18(19)24(32)28-17-3-1-2-14(9-17)15-4-5-21(16(8-15)11-27)33-22-6-7-29(12-20(22)26)23(31)13-30;24-17-9-16(17)23(32)28-15-3-5-27-19(8-15)13-1-2-20(14(7-13)10-26)33-21-4-6-29(11-18(21)25)22(31)12-30;24-18-12-28(22(30)13-29)8-6-21(18)32-20-4-3-15(9-16(20)11-25)19-10-17(5-7-26-19)27-23(31)14-1-2-14/h1-5,10-11,18-20,22-23H,6-9,12H2,(H2,27,29)(H,28,30);1-5,8-9,18-20,22,30H,6-7,10,12-13H2,(H,28,32);1-3,5,7-8,16-18,21,30H,4,6,9,11-12H2,(H,27,28,32);3-5,7,9-10,14,18,21,29H,1-2,6,8,12-13H2,(H,26,27,31)/t;18-,19+,20-,22+;16-,17-,18-,21+;18-,21+/m.111/s1. The zero-order valence-electron chi connectivity index (χ0n) is 70.2. The van der Waals surface area contributed by atoms with E-state index in [1.54, 1.807) is 103 Å². The van der Waals surface area contributed by atoms with Crippen LogP contribution in [0.1, 0.15) is 86.5 Å². The van der Waals surface area contributed by atoms with Gasteiger partial charge in [-0.05, 0) is 175 Å². The first-order valence-electron chi connectivity index (χ1n) is 42.8. The second kappa shape index (κ2) is 41.9. The fraction of sp³-hybridized carbons (Fsp3) is 0.389. The van der Waals surface area contributed by atoms with E-state index in [4.69, 9.17) is 44.7 Å². The zero-order chi connectivity index (χ0) is 92.0. The smallest absolute Gasteiger partial charge is 0.248 e. The number of hydrogen-bond donors (Lipinski definition) is 8. The highest BCUT2D eigenvalue weighted by atomic mass is 19.2. The third-order valence-corrected chi connectivity index (χ3v) is 24.2. The molecule has 6 aromatic carbocycles. The molecule has 4 aliphatic heterocycles. The number of benzene rings is 6. The van der Waals surface area contributed by atoms with Crippen LogP contribution in [0.25, 0.3) is 44.8 Å². The molecule has 8 aromatic rings. The summed E-state index contributed by atoms with van der Waals surface area (Å²) in [6.07, 6.45) is -0.254. The van der Waals surface area contributed by atoms with Crippen molar-refractivity contribution in [2.75, 3.05) is 93.6 Å². The summed E-state index contributed by atoms with van der Waals surface area (Å²) >= 11 is 0. The Morgan fingerprint density at radius 1 is 0.408 bits per heavy atom. The largest absolute Gasteiger partial charge is 0.489 e. The van der Waals surface area contributed by atoms with Crippen LogP contribution >= 0.6 is 0 Å². The molecular weight excluding hydrogens is 1690 g/mol. The van der Waals surface area contributed by atoms with E-state index in [-0.39, 0.29) is 171 Å². The molecule has 2 aromatic heterocycles. The number of likely N-dealkylation sites (tertiary alicyclic amines) is 3. The van der Waals surface area contributed by atoms with Crippen LogP contribution in [0.4, 0.5) is 44.7 Å². The molecular formula is C95H93F5N14O16. The van der Waals surface area contributed by atoms with E-state index in [0.29, 0.717) is 75.4 Å². The van der Waals surface area contributed by atoms with Gasteiger partial charge in [-0.15, -0.1) is 0 Å². The first kappa shape index (κ1) is 92.2. The van der Waals surface area contributed by atoms with Crippen LogP contribution in [0.2, 0.25) is 0 Å². The SMILES string of the molecule is N#Cc1cc(-c2cc(NC(=O)C3CC3)ccn2)ccc1O[C@H]1CCN(C(=O)CO)C[C@H]1F.N#Cc1cc(-c2cc(NC(=O)[C@@H]3C[C@H]3F)ccn2)ccc1O[C@H]1CCN(C(=O)CO)C[C@H]1F.N#Cc1cc(-c2cccc(NC(=O)C3C4CC3C4C(N)=O)c2)ccc1OC1CCOCC1.N#Cc1cc(-c2cccc(NC(=O)[C@@H]3C[C@@H]3F)c2)ccc1O[C@H]1CCN(C(=O)CO)C[C@H]1F. The average Bonchev–Trinajstić information content (AvgIpc) is 1.01. The number of piperidine rings is 3. The highest BCUT2D eigenvalue weighted by Gasteiger charge is 2.66. The fourth-order valence-electron chi connectivity index (χ4n) is 16.3. The van der Waals surface area contributed by atoms with Crippen molar-refractivity contribution < 1.29 is 99.3 Å². The summed E-state index contributed by atoms with van der Waals surface area (Å²) in [4.78, 5) is 107. The van der Waals surface area contributed by atoms with E-state index in [1.165, 1.54) is 20.9 Å². The molecule has 130 heavy (non-hydrogen) atoms. The Kier molecular flexibility index (Phi) is 29.7. The molecule has 9 N–H and O–H groups in total. The number of amides is 8. The summed E-state index contributed by atoms with van der Waals surface area (Å²) in [5.41, 5.74) is 14.4. The molecule has 6 aliphatic carbocycles. The summed E-state index contributed by atoms with van der Waals surface area (Å²) in [5, 5.41) is 76.5. The quantitative estimate of drug-likeness (QED) is 0.0261. The van der Waals surface area contributed by atoms with Crippen molar-refractivity contribution in [3.8, 4) is 92.0 Å². The number of nitrogens with one attached hydrogen (secondary N) is 4. The van der Waals surface area contributed by atoms with Crippen LogP contribution in [0.3, 0.4) is 0 Å². The third kappa shape index (κ3) is 22.6. The van der Waals surface area contributed by atoms with Crippen LogP contribution in [0.15, 0.2) is 158 Å². The second-order valence-electron chi connectivity index (χ2n) is 33.1. The predicted molar refractivity (Wildman–Crippen MR) is 460 cm³/mol. The molecule has 35 heteroatoms. The van der Waals surface area contributed by atoms with Gasteiger partial charge in [0.2, 0.25) is 47.3 Å². The van der Waals surface area contributed by atoms with Crippen molar-refractivity contribution in [3.63, 3.8) is 0 Å². The minimum absolute atomic E-state index is 0.00359. The van der Waals surface area contributed by atoms with E-state index in [2.05, 4.69) is 49.4 Å². The number of aromatic nitrogens is 2. The molecule has 674 valence electrons. The molecule has 18 rings (SSSR count). The number of anilines is 4. The Balaban J connectivity index is 0.000000140. The van der Waals surface area contributed by atoms with E-state index < -0.39 is 98.5 Å². The highest BCUT2D eigenvalue weighted by molar-refractivity contribution is 5.99. The number of aliphatic hydroxyl groups is 3. The number of halogens is 5. The van der Waals surface area contributed by atoms with Crippen molar-refractivity contribution in [1.29, 1.82) is 21.0 Å². The number of rotatable bonds is 24. The predicted octanol–water partition coefficient (Wildman–Crippen LogP) is 10.4. The number of primary amides is 1. The number of pyridine rings is 2. The monoisotopic (exact) mass is 1780 g/mol. The lowest BCUT2D eigenvalue weighted by atomic mass is 9.40. The number of carbonyl (C=O) groups is 8. The third-order valence-electron chi connectivity index (χ3n) is 24.2. The Hall–Kier alpha value is -14.0. The van der Waals surface area contributed by atoms with Gasteiger partial charge in [-0.1, -0.05) is 36.4 Å². The van der Waals surface area contributed by atoms with E-state index >= 15 is 0 Å². The van der Waals surface area contributed by atoms with Gasteiger partial charge in [0.15, 0.2) is 18.5 Å². The molecule has 4 saturated heterocycles. The number of ether oxygens (including phenoxy) is 5. The lowest BCUT2D eigenvalue weighted by Gasteiger charge is -2.62. The van der Waals surface area contributed by atoms with Crippen molar-refractivity contribution in [3.05, 3.63) is 180 Å². The lowest BCUT2D eigenvalue weighted by molar-refractivity contribution is -0.182. The minimum Gasteiger partial charge on any atom is -0.489 e. The van der Waals surface area contributed by atoms with Gasteiger partial charge < -0.3 is 80.7 Å². The minimum atomic E-state index is -1.46. The number of alkyl halides is 5. The Morgan fingerprint density at radius 3 is 1.10 bits per heavy atom. The van der Waals surface area contributed by atoms with Crippen LogP contribution in [-0.2, 0) is 43.1 Å². The number of nitrogens with two attached hydrogens (primary N) is 1. The topological polar surface area (TPSA) is 448 Å². The summed E-state index contributed by atoms with van der Waals surface area (Å²) < 4.78 is 98.5. The maximum Gasteiger partial charge on any atom is 0.248 e. The van der Waals surface area contributed by atoms with Crippen molar-refractivity contribution in [2.45, 2.75) is 119 Å². The maximum absolute atomic E-state index is 14.6. The van der Waals surface area contributed by atoms with Gasteiger partial charge in [-0.25, -0.2) is 22.0 Å². The number of aliphatic hydroxyl groups excluding tert-OH is 3. The van der Waals surface area contributed by atoms with Gasteiger partial charge in [0, 0.05) is 116 Å². The van der Waals surface area contributed by atoms with Crippen LogP contribution in [0.5, 0.6) is 23.0 Å². The Morgan fingerprint density at radius 2 is 0.754 bits per heavy atom. The van der Waals surface area contributed by atoms with Gasteiger partial charge in [0.05, 0.1) is 78.3 Å². The number of carbonyl (C=O) groups excluding carboxylic acids is 8. The van der Waals surface area contributed by atoms with Gasteiger partial charge >= 0.3 is 0 Å². The van der Waals surface area contributed by atoms with Crippen LogP contribution < -0.4 is 45.9 Å². The average molecular weight is 1780 g/mol. The highest BCUT2D eigenvalue weighted by Crippen LogP contribution is 2.63. The van der Waals surface area contributed by atoms with Gasteiger partial charge in [-0.3, -0.25) is 48.3 Å². The van der Waals surface area contributed by atoms with Gasteiger partial charge in [0.1, 0.15) is 104 Å². The molecule has 0 spiro atoms. The van der Waals surface area contributed by atoms with Crippen molar-refractivity contribution in [2.24, 2.45) is 47.2 Å². The summed E-state index contributed by atoms with van der Waals surface area (Å²) in [6, 6.07) is 49.8. The van der Waals surface area contributed by atoms with Crippen LogP contribution in [0, 0.1) is 86.7 Å². The first-order chi connectivity index (χ1) is 62.8. The number of nitrogens with zero attached hydrogens (tertiary/aromatic N) is 9. The summed E-state index contributed by atoms with van der Waals surface area (Å²) in [6.45, 7) is -0.386. The molecule has 30 nitrogen and oxygen atoms in total. The molecule has 0 radical (unpaired) electrons. The second-order valence-corrected chi connectivity index (χ2v) is 33.1. The van der Waals surface area contributed by atoms with E-state index in [0.717, 1.165) is 48.8 Å². The molecule has 2 unspecified atom stereocenters. The normalized spacial score (nSPS) is 23.6. The Labute approximate surface area is 744 Å². The molecule has 10 fully saturated rings.